The van der Waals surface area contributed by atoms with E-state index in [9.17, 15) is 19.2 Å². The maximum Gasteiger partial charge on any atom is 0.253 e. The van der Waals surface area contributed by atoms with Crippen molar-refractivity contribution in [2.45, 2.75) is 50.6 Å². The van der Waals surface area contributed by atoms with Crippen LogP contribution in [-0.2, 0) is 19.2 Å². The van der Waals surface area contributed by atoms with Gasteiger partial charge >= 0.3 is 0 Å². The molecule has 0 bridgehead atoms. The lowest BCUT2D eigenvalue weighted by molar-refractivity contribution is -0.150. The van der Waals surface area contributed by atoms with E-state index in [1.165, 1.54) is 22.0 Å². The molecule has 0 aromatic carbocycles. The molecule has 0 atom stereocenters. The first-order valence-corrected chi connectivity index (χ1v) is 7.63. The van der Waals surface area contributed by atoms with Crippen LogP contribution in [0.5, 0.6) is 0 Å². The van der Waals surface area contributed by atoms with Gasteiger partial charge in [-0.25, -0.2) is 0 Å². The third-order valence-electron chi connectivity index (χ3n) is 4.51. The number of carbonyl (C=O) groups is 4. The van der Waals surface area contributed by atoms with Crippen LogP contribution in [0.1, 0.15) is 38.5 Å². The van der Waals surface area contributed by atoms with Gasteiger partial charge in [0.1, 0.15) is 0 Å². The number of imide groups is 2. The second-order valence-electron chi connectivity index (χ2n) is 5.88. The summed E-state index contributed by atoms with van der Waals surface area (Å²) < 4.78 is 0. The maximum atomic E-state index is 11.9. The molecule has 1 aliphatic carbocycles. The molecule has 0 radical (unpaired) electrons. The second-order valence-corrected chi connectivity index (χ2v) is 5.88. The molecule has 0 unspecified atom stereocenters. The van der Waals surface area contributed by atoms with Gasteiger partial charge in [0.15, 0.2) is 0 Å². The molecule has 6 heteroatoms. The van der Waals surface area contributed by atoms with Crippen LogP contribution in [0.3, 0.4) is 0 Å². The van der Waals surface area contributed by atoms with E-state index in [2.05, 4.69) is 0 Å². The van der Waals surface area contributed by atoms with Crippen LogP contribution < -0.4 is 0 Å². The van der Waals surface area contributed by atoms with E-state index >= 15 is 0 Å². The average Bonchev–Trinajstić information content (AvgIpc) is 2.48. The number of rotatable bonds is 2. The molecular weight excluding hydrogens is 284 g/mol. The Morgan fingerprint density at radius 1 is 0.682 bits per heavy atom. The first-order valence-electron chi connectivity index (χ1n) is 7.63. The smallest absolute Gasteiger partial charge is 0.253 e. The van der Waals surface area contributed by atoms with Crippen LogP contribution in [0, 0.1) is 0 Å². The minimum Gasteiger partial charge on any atom is -0.276 e. The van der Waals surface area contributed by atoms with Crippen molar-refractivity contribution in [2.24, 2.45) is 0 Å². The average molecular weight is 302 g/mol. The van der Waals surface area contributed by atoms with E-state index in [-0.39, 0.29) is 48.6 Å². The summed E-state index contributed by atoms with van der Waals surface area (Å²) in [6, 6.07) is -0.238. The van der Waals surface area contributed by atoms with Gasteiger partial charge in [-0.1, -0.05) is 12.2 Å². The summed E-state index contributed by atoms with van der Waals surface area (Å²) in [5, 5.41) is 0. The molecule has 1 saturated carbocycles. The monoisotopic (exact) mass is 302 g/mol. The third-order valence-corrected chi connectivity index (χ3v) is 4.51. The third kappa shape index (κ3) is 2.61. The molecule has 2 heterocycles. The molecule has 0 aromatic rings. The molecule has 6 nitrogen and oxygen atoms in total. The summed E-state index contributed by atoms with van der Waals surface area (Å²) in [5.41, 5.74) is 0. The van der Waals surface area contributed by atoms with E-state index in [1.807, 2.05) is 0 Å². The van der Waals surface area contributed by atoms with E-state index < -0.39 is 0 Å². The van der Waals surface area contributed by atoms with Gasteiger partial charge < -0.3 is 0 Å². The number of hydrogen-bond donors (Lipinski definition) is 0. The molecule has 2 aliphatic heterocycles. The van der Waals surface area contributed by atoms with Crippen LogP contribution in [0.2, 0.25) is 0 Å². The molecule has 0 aromatic heterocycles. The molecule has 0 spiro atoms. The topological polar surface area (TPSA) is 74.8 Å². The van der Waals surface area contributed by atoms with Crippen LogP contribution in [-0.4, -0.2) is 45.5 Å². The Kier molecular flexibility index (Phi) is 3.92. The Morgan fingerprint density at radius 2 is 1.05 bits per heavy atom. The standard InChI is InChI=1S/C16H18N2O4/c19-13-3-1-4-14(20)17(13)11-7-9-12(10-8-11)18-15(21)5-2-6-16(18)22/h1-3,5,11-12H,4,6-10H2. The van der Waals surface area contributed by atoms with E-state index in [0.29, 0.717) is 25.7 Å². The lowest BCUT2D eigenvalue weighted by atomic mass is 9.88. The lowest BCUT2D eigenvalue weighted by Crippen LogP contribution is -2.51. The maximum absolute atomic E-state index is 11.9. The van der Waals surface area contributed by atoms with Gasteiger partial charge in [0.05, 0.1) is 0 Å². The first kappa shape index (κ1) is 14.7. The van der Waals surface area contributed by atoms with E-state index in [4.69, 9.17) is 0 Å². The molecule has 0 N–H and O–H groups in total. The Morgan fingerprint density at radius 3 is 1.36 bits per heavy atom. The van der Waals surface area contributed by atoms with E-state index in [0.717, 1.165) is 0 Å². The molecule has 22 heavy (non-hydrogen) atoms. The number of amides is 4. The SMILES string of the molecule is O=C1C=CCC(=O)N1C1CCC(N2C(=O)C=CCC2=O)CC1. The molecular formula is C16H18N2O4. The van der Waals surface area contributed by atoms with Gasteiger partial charge in [-0.15, -0.1) is 0 Å². The Hall–Kier alpha value is -2.24. The number of carbonyl (C=O) groups excluding carboxylic acids is 4. The summed E-state index contributed by atoms with van der Waals surface area (Å²) in [6.45, 7) is 0. The van der Waals surface area contributed by atoms with Crippen LogP contribution >= 0.6 is 0 Å². The first-order chi connectivity index (χ1) is 10.6. The molecule has 3 rings (SSSR count). The van der Waals surface area contributed by atoms with Gasteiger partial charge in [-0.2, -0.15) is 0 Å². The fourth-order valence-electron chi connectivity index (χ4n) is 3.47. The summed E-state index contributed by atoms with van der Waals surface area (Å²) in [6.07, 6.45) is 9.13. The Bertz CT molecular complexity index is 533. The molecule has 3 aliphatic rings. The summed E-state index contributed by atoms with van der Waals surface area (Å²) in [5.74, 6) is -0.839. The largest absolute Gasteiger partial charge is 0.276 e. The van der Waals surface area contributed by atoms with Gasteiger partial charge in [0, 0.05) is 37.1 Å². The van der Waals surface area contributed by atoms with Crippen molar-refractivity contribution in [2.75, 3.05) is 0 Å². The van der Waals surface area contributed by atoms with Crippen LogP contribution in [0.25, 0.3) is 0 Å². The predicted molar refractivity (Wildman–Crippen MR) is 77.3 cm³/mol. The summed E-state index contributed by atoms with van der Waals surface area (Å²) in [7, 11) is 0. The highest BCUT2D eigenvalue weighted by Crippen LogP contribution is 2.29. The van der Waals surface area contributed by atoms with Gasteiger partial charge in [-0.05, 0) is 25.7 Å². The predicted octanol–water partition coefficient (Wildman–Crippen LogP) is 0.928. The van der Waals surface area contributed by atoms with Crippen LogP contribution in [0.15, 0.2) is 24.3 Å². The number of hydrogen-bond acceptors (Lipinski definition) is 4. The minimum atomic E-state index is -0.257. The fourth-order valence-corrected chi connectivity index (χ4v) is 3.47. The lowest BCUT2D eigenvalue weighted by Gasteiger charge is -2.39. The Labute approximate surface area is 128 Å². The van der Waals surface area contributed by atoms with Crippen molar-refractivity contribution in [3.63, 3.8) is 0 Å². The number of nitrogens with zero attached hydrogens (tertiary/aromatic N) is 2. The quantitative estimate of drug-likeness (QED) is 0.711. The summed E-state index contributed by atoms with van der Waals surface area (Å²) in [4.78, 5) is 50.3. The zero-order valence-corrected chi connectivity index (χ0v) is 12.2. The molecule has 1 fully saturated rings. The Balaban J connectivity index is 1.65. The normalized spacial score (nSPS) is 29.5. The van der Waals surface area contributed by atoms with Crippen molar-refractivity contribution in [1.29, 1.82) is 0 Å². The highest BCUT2D eigenvalue weighted by molar-refractivity contribution is 6.05. The molecule has 116 valence electrons. The fraction of sp³-hybridized carbons (Fsp3) is 0.500. The van der Waals surface area contributed by atoms with Crippen molar-refractivity contribution in [1.82, 2.24) is 9.80 Å². The van der Waals surface area contributed by atoms with Crippen molar-refractivity contribution >= 4 is 23.6 Å². The van der Waals surface area contributed by atoms with Gasteiger partial charge in [-0.3, -0.25) is 29.0 Å². The zero-order valence-electron chi connectivity index (χ0n) is 12.2. The van der Waals surface area contributed by atoms with Gasteiger partial charge in [0.2, 0.25) is 11.8 Å². The van der Waals surface area contributed by atoms with Gasteiger partial charge in [0.25, 0.3) is 11.8 Å². The van der Waals surface area contributed by atoms with E-state index in [1.54, 1.807) is 12.2 Å². The highest BCUT2D eigenvalue weighted by atomic mass is 16.2. The van der Waals surface area contributed by atoms with Crippen LogP contribution in [0.4, 0.5) is 0 Å². The van der Waals surface area contributed by atoms with Crippen molar-refractivity contribution in [3.8, 4) is 0 Å². The summed E-state index contributed by atoms with van der Waals surface area (Å²) >= 11 is 0. The highest BCUT2D eigenvalue weighted by Gasteiger charge is 2.37. The zero-order chi connectivity index (χ0) is 15.7. The molecule has 4 amide bonds. The second kappa shape index (κ2) is 5.87. The minimum absolute atomic E-state index is 0.119. The molecule has 0 saturated heterocycles. The van der Waals surface area contributed by atoms with Crippen molar-refractivity contribution in [3.05, 3.63) is 24.3 Å². The van der Waals surface area contributed by atoms with Crippen molar-refractivity contribution < 1.29 is 19.2 Å².